The SMILES string of the molecule is Cc1c(C=NNc2ccc([N+](=O)[O-])cc2)sc2ccccc12. The molecule has 0 saturated carbocycles. The molecule has 1 N–H and O–H groups in total. The number of nitrogens with zero attached hydrogens (tertiary/aromatic N) is 2. The van der Waals surface area contributed by atoms with Crippen LogP contribution in [0.5, 0.6) is 0 Å². The average molecular weight is 311 g/mol. The topological polar surface area (TPSA) is 67.5 Å². The minimum absolute atomic E-state index is 0.0647. The minimum Gasteiger partial charge on any atom is -0.278 e. The lowest BCUT2D eigenvalue weighted by molar-refractivity contribution is -0.384. The third-order valence-electron chi connectivity index (χ3n) is 3.33. The maximum absolute atomic E-state index is 10.6. The first kappa shape index (κ1) is 14.2. The predicted octanol–water partition coefficient (Wildman–Crippen LogP) is 4.56. The minimum atomic E-state index is -0.423. The number of fused-ring (bicyclic) bond motifs is 1. The molecule has 0 aliphatic heterocycles. The Balaban J connectivity index is 1.76. The molecule has 2 aromatic carbocycles. The van der Waals surface area contributed by atoms with E-state index in [1.54, 1.807) is 29.7 Å². The van der Waals surface area contributed by atoms with Crippen molar-refractivity contribution in [3.63, 3.8) is 0 Å². The van der Waals surface area contributed by atoms with Crippen molar-refractivity contribution in [2.24, 2.45) is 5.10 Å². The van der Waals surface area contributed by atoms with E-state index in [9.17, 15) is 10.1 Å². The Bertz CT molecular complexity index is 853. The van der Waals surface area contributed by atoms with Crippen LogP contribution in [0, 0.1) is 17.0 Å². The van der Waals surface area contributed by atoms with Crippen LogP contribution in [0.2, 0.25) is 0 Å². The molecule has 3 rings (SSSR count). The van der Waals surface area contributed by atoms with Gasteiger partial charge >= 0.3 is 0 Å². The molecule has 0 radical (unpaired) electrons. The Labute approximate surface area is 131 Å². The van der Waals surface area contributed by atoms with Gasteiger partial charge in [-0.2, -0.15) is 5.10 Å². The number of hydrazone groups is 1. The van der Waals surface area contributed by atoms with E-state index < -0.39 is 4.92 Å². The van der Waals surface area contributed by atoms with Gasteiger partial charge < -0.3 is 0 Å². The molecule has 0 atom stereocenters. The van der Waals surface area contributed by atoms with E-state index in [0.717, 1.165) is 4.88 Å². The Morgan fingerprint density at radius 1 is 1.18 bits per heavy atom. The molecule has 110 valence electrons. The number of benzene rings is 2. The van der Waals surface area contributed by atoms with E-state index in [0.29, 0.717) is 5.69 Å². The van der Waals surface area contributed by atoms with E-state index in [4.69, 9.17) is 0 Å². The Morgan fingerprint density at radius 2 is 1.91 bits per heavy atom. The number of rotatable bonds is 4. The molecular formula is C16H13N3O2S. The zero-order valence-electron chi connectivity index (χ0n) is 11.8. The zero-order chi connectivity index (χ0) is 15.5. The molecule has 0 fully saturated rings. The first-order valence-electron chi connectivity index (χ1n) is 6.67. The molecular weight excluding hydrogens is 298 g/mol. The fourth-order valence-electron chi connectivity index (χ4n) is 2.14. The molecule has 1 aromatic heterocycles. The highest BCUT2D eigenvalue weighted by atomic mass is 32.1. The largest absolute Gasteiger partial charge is 0.278 e. The normalized spacial score (nSPS) is 11.1. The van der Waals surface area contributed by atoms with E-state index in [2.05, 4.69) is 29.6 Å². The summed E-state index contributed by atoms with van der Waals surface area (Å²) in [5.74, 6) is 0. The molecule has 0 saturated heterocycles. The van der Waals surface area contributed by atoms with Gasteiger partial charge in [-0.15, -0.1) is 11.3 Å². The van der Waals surface area contributed by atoms with Gasteiger partial charge in [0, 0.05) is 16.8 Å². The summed E-state index contributed by atoms with van der Waals surface area (Å²) in [4.78, 5) is 11.3. The number of hydrogen-bond donors (Lipinski definition) is 1. The molecule has 5 nitrogen and oxygen atoms in total. The Kier molecular flexibility index (Phi) is 3.84. The molecule has 0 amide bonds. The molecule has 3 aromatic rings. The molecule has 1 heterocycles. The highest BCUT2D eigenvalue weighted by Gasteiger charge is 2.06. The Hall–Kier alpha value is -2.73. The number of nitrogens with one attached hydrogen (secondary N) is 1. The van der Waals surface area contributed by atoms with Gasteiger partial charge in [-0.05, 0) is 36.1 Å². The molecule has 6 heteroatoms. The highest BCUT2D eigenvalue weighted by molar-refractivity contribution is 7.20. The van der Waals surface area contributed by atoms with Gasteiger partial charge in [-0.25, -0.2) is 0 Å². The molecule has 0 spiro atoms. The van der Waals surface area contributed by atoms with Crippen LogP contribution in [-0.4, -0.2) is 11.1 Å². The summed E-state index contributed by atoms with van der Waals surface area (Å²) in [5.41, 5.74) is 4.86. The molecule has 0 aliphatic rings. The fraction of sp³-hybridized carbons (Fsp3) is 0.0625. The number of aryl methyl sites for hydroxylation is 1. The summed E-state index contributed by atoms with van der Waals surface area (Å²) < 4.78 is 1.23. The van der Waals surface area contributed by atoms with Gasteiger partial charge in [-0.3, -0.25) is 15.5 Å². The highest BCUT2D eigenvalue weighted by Crippen LogP contribution is 2.29. The lowest BCUT2D eigenvalue weighted by Crippen LogP contribution is -1.91. The molecule has 0 aliphatic carbocycles. The molecule has 22 heavy (non-hydrogen) atoms. The van der Waals surface area contributed by atoms with E-state index in [-0.39, 0.29) is 5.69 Å². The van der Waals surface area contributed by atoms with Crippen LogP contribution in [-0.2, 0) is 0 Å². The summed E-state index contributed by atoms with van der Waals surface area (Å²) in [5, 5.41) is 16.0. The number of nitro benzene ring substituents is 1. The first-order valence-corrected chi connectivity index (χ1v) is 7.48. The second kappa shape index (κ2) is 5.95. The third kappa shape index (κ3) is 2.82. The number of thiophene rings is 1. The lowest BCUT2D eigenvalue weighted by atomic mass is 10.1. The van der Waals surface area contributed by atoms with Crippen LogP contribution in [0.3, 0.4) is 0 Å². The van der Waals surface area contributed by atoms with Gasteiger partial charge in [0.05, 0.1) is 21.7 Å². The van der Waals surface area contributed by atoms with Gasteiger partial charge in [0.2, 0.25) is 0 Å². The monoisotopic (exact) mass is 311 g/mol. The van der Waals surface area contributed by atoms with Crippen LogP contribution < -0.4 is 5.43 Å². The summed E-state index contributed by atoms with van der Waals surface area (Å²) >= 11 is 1.69. The second-order valence-corrected chi connectivity index (χ2v) is 5.85. The maximum Gasteiger partial charge on any atom is 0.269 e. The van der Waals surface area contributed by atoms with Crippen molar-refractivity contribution in [2.75, 3.05) is 5.43 Å². The molecule has 0 bridgehead atoms. The van der Waals surface area contributed by atoms with Crippen molar-refractivity contribution in [1.82, 2.24) is 0 Å². The summed E-state index contributed by atoms with van der Waals surface area (Å²) in [6, 6.07) is 14.4. The smallest absolute Gasteiger partial charge is 0.269 e. The van der Waals surface area contributed by atoms with Crippen molar-refractivity contribution in [3.8, 4) is 0 Å². The summed E-state index contributed by atoms with van der Waals surface area (Å²) in [6.07, 6.45) is 1.78. The fourth-order valence-corrected chi connectivity index (χ4v) is 3.22. The van der Waals surface area contributed by atoms with Crippen molar-refractivity contribution in [2.45, 2.75) is 6.92 Å². The number of non-ortho nitro benzene ring substituents is 1. The number of nitro groups is 1. The van der Waals surface area contributed by atoms with E-state index in [1.165, 1.54) is 27.8 Å². The van der Waals surface area contributed by atoms with Gasteiger partial charge in [-0.1, -0.05) is 18.2 Å². The van der Waals surface area contributed by atoms with Gasteiger partial charge in [0.1, 0.15) is 0 Å². The first-order chi connectivity index (χ1) is 10.6. The van der Waals surface area contributed by atoms with Crippen LogP contribution in [0.15, 0.2) is 53.6 Å². The van der Waals surface area contributed by atoms with E-state index in [1.807, 2.05) is 12.1 Å². The van der Waals surface area contributed by atoms with Crippen LogP contribution in [0.25, 0.3) is 10.1 Å². The lowest BCUT2D eigenvalue weighted by Gasteiger charge is -1.99. The van der Waals surface area contributed by atoms with Crippen LogP contribution in [0.4, 0.5) is 11.4 Å². The average Bonchev–Trinajstić information content (AvgIpc) is 2.85. The van der Waals surface area contributed by atoms with Crippen molar-refractivity contribution >= 4 is 39.0 Å². The predicted molar refractivity (Wildman–Crippen MR) is 90.9 cm³/mol. The van der Waals surface area contributed by atoms with Crippen LogP contribution >= 0.6 is 11.3 Å². The summed E-state index contributed by atoms with van der Waals surface area (Å²) in [7, 11) is 0. The standard InChI is InChI=1S/C16H13N3O2S/c1-11-14-4-2-3-5-15(14)22-16(11)10-17-18-12-6-8-13(9-7-12)19(20)21/h2-10,18H,1H3. The molecule has 0 unspecified atom stereocenters. The Morgan fingerprint density at radius 3 is 2.59 bits per heavy atom. The maximum atomic E-state index is 10.6. The van der Waals surface area contributed by atoms with Crippen LogP contribution in [0.1, 0.15) is 10.4 Å². The van der Waals surface area contributed by atoms with E-state index >= 15 is 0 Å². The zero-order valence-corrected chi connectivity index (χ0v) is 12.6. The quantitative estimate of drug-likeness (QED) is 0.436. The van der Waals surface area contributed by atoms with Crippen molar-refractivity contribution in [1.29, 1.82) is 0 Å². The number of anilines is 1. The van der Waals surface area contributed by atoms with Crippen molar-refractivity contribution < 1.29 is 4.92 Å². The second-order valence-electron chi connectivity index (χ2n) is 4.76. The van der Waals surface area contributed by atoms with Gasteiger partial charge in [0.25, 0.3) is 5.69 Å². The third-order valence-corrected chi connectivity index (χ3v) is 4.54. The number of hydrogen-bond acceptors (Lipinski definition) is 5. The van der Waals surface area contributed by atoms with Crippen molar-refractivity contribution in [3.05, 3.63) is 69.1 Å². The summed E-state index contributed by atoms with van der Waals surface area (Å²) in [6.45, 7) is 2.08. The van der Waals surface area contributed by atoms with Gasteiger partial charge in [0.15, 0.2) is 0 Å².